The third-order valence-electron chi connectivity index (χ3n) is 3.40. The van der Waals surface area contributed by atoms with Crippen molar-refractivity contribution in [3.05, 3.63) is 56.4 Å². The molecule has 0 amide bonds. The highest BCUT2D eigenvalue weighted by Crippen LogP contribution is 2.29. The first kappa shape index (κ1) is 14.0. The van der Waals surface area contributed by atoms with Gasteiger partial charge in [-0.3, -0.25) is 9.59 Å². The molecule has 8 nitrogen and oxygen atoms in total. The van der Waals surface area contributed by atoms with Crippen LogP contribution in [0.1, 0.15) is 11.1 Å². The molecular formula is C15H8N6O2. The molecule has 0 aliphatic rings. The van der Waals surface area contributed by atoms with Gasteiger partial charge in [0.25, 0.3) is 11.1 Å². The van der Waals surface area contributed by atoms with Gasteiger partial charge in [0.2, 0.25) is 0 Å². The summed E-state index contributed by atoms with van der Waals surface area (Å²) < 4.78 is 0. The monoisotopic (exact) mass is 304 g/mol. The molecule has 3 rings (SSSR count). The summed E-state index contributed by atoms with van der Waals surface area (Å²) in [4.78, 5) is 32.5. The minimum Gasteiger partial charge on any atom is -0.384 e. The standard InChI is InChI=1S/C15H8N6O2/c16-4-9-12(10(5-17)15(23)21-13(9)18)7-1-2-11-8(3-7)14(22)20-6-19-11/h1-3,6H,(H3,18,21,23)(H,19,20,22). The molecule has 0 atom stereocenters. The molecule has 0 saturated carbocycles. The molecule has 0 spiro atoms. The van der Waals surface area contributed by atoms with Gasteiger partial charge < -0.3 is 15.7 Å². The molecule has 0 aliphatic heterocycles. The molecule has 0 fully saturated rings. The Morgan fingerprint density at radius 2 is 1.83 bits per heavy atom. The first-order valence-corrected chi connectivity index (χ1v) is 6.40. The minimum atomic E-state index is -0.695. The SMILES string of the molecule is N#Cc1c(N)[nH]c(=O)c(C#N)c1-c1ccc2nc[nH]c(=O)c2c1. The van der Waals surface area contributed by atoms with E-state index < -0.39 is 5.56 Å². The molecule has 2 heterocycles. The van der Waals surface area contributed by atoms with Crippen molar-refractivity contribution in [1.29, 1.82) is 10.5 Å². The molecular weight excluding hydrogens is 296 g/mol. The van der Waals surface area contributed by atoms with Gasteiger partial charge in [-0.2, -0.15) is 10.5 Å². The Labute approximate surface area is 128 Å². The van der Waals surface area contributed by atoms with Crippen LogP contribution >= 0.6 is 0 Å². The summed E-state index contributed by atoms with van der Waals surface area (Å²) in [5, 5.41) is 18.8. The number of aromatic nitrogens is 3. The summed E-state index contributed by atoms with van der Waals surface area (Å²) in [6.07, 6.45) is 1.27. The number of hydrogen-bond acceptors (Lipinski definition) is 6. The minimum absolute atomic E-state index is 0.0270. The van der Waals surface area contributed by atoms with Gasteiger partial charge in [-0.25, -0.2) is 4.98 Å². The second-order valence-corrected chi connectivity index (χ2v) is 4.68. The fourth-order valence-corrected chi connectivity index (χ4v) is 2.36. The number of rotatable bonds is 1. The van der Waals surface area contributed by atoms with Crippen molar-refractivity contribution in [2.45, 2.75) is 0 Å². The van der Waals surface area contributed by atoms with E-state index in [1.807, 2.05) is 6.07 Å². The number of nitrogens with one attached hydrogen (secondary N) is 2. The van der Waals surface area contributed by atoms with Crippen LogP contribution in [-0.2, 0) is 0 Å². The number of H-pyrrole nitrogens is 2. The van der Waals surface area contributed by atoms with E-state index in [1.54, 1.807) is 18.2 Å². The zero-order valence-corrected chi connectivity index (χ0v) is 11.5. The fraction of sp³-hybridized carbons (Fsp3) is 0. The average molecular weight is 304 g/mol. The number of hydrogen-bond donors (Lipinski definition) is 3. The van der Waals surface area contributed by atoms with E-state index in [1.165, 1.54) is 12.4 Å². The Kier molecular flexibility index (Phi) is 3.13. The number of nitrogen functional groups attached to an aromatic ring is 1. The number of benzene rings is 1. The highest BCUT2D eigenvalue weighted by atomic mass is 16.1. The van der Waals surface area contributed by atoms with E-state index in [2.05, 4.69) is 15.0 Å². The lowest BCUT2D eigenvalue weighted by atomic mass is 9.96. The number of nitriles is 2. The third-order valence-corrected chi connectivity index (χ3v) is 3.40. The Balaban J connectivity index is 2.47. The normalized spacial score (nSPS) is 10.2. The number of anilines is 1. The Hall–Kier alpha value is -3.91. The molecule has 23 heavy (non-hydrogen) atoms. The van der Waals surface area contributed by atoms with Gasteiger partial charge in [0.15, 0.2) is 0 Å². The fourth-order valence-electron chi connectivity index (χ4n) is 2.36. The molecule has 0 saturated heterocycles. The number of nitrogens with two attached hydrogens (primary N) is 1. The van der Waals surface area contributed by atoms with Crippen LogP contribution < -0.4 is 16.9 Å². The summed E-state index contributed by atoms with van der Waals surface area (Å²) in [5.41, 5.74) is 5.25. The van der Waals surface area contributed by atoms with Crippen molar-refractivity contribution in [2.75, 3.05) is 5.73 Å². The smallest absolute Gasteiger partial charge is 0.268 e. The number of fused-ring (bicyclic) bond motifs is 1. The van der Waals surface area contributed by atoms with Crippen LogP contribution in [-0.4, -0.2) is 15.0 Å². The Bertz CT molecular complexity index is 1140. The maximum Gasteiger partial charge on any atom is 0.268 e. The van der Waals surface area contributed by atoms with Crippen LogP contribution in [0, 0.1) is 22.7 Å². The molecule has 0 radical (unpaired) electrons. The van der Waals surface area contributed by atoms with Gasteiger partial charge in [0.05, 0.1) is 17.2 Å². The molecule has 0 unspecified atom stereocenters. The second-order valence-electron chi connectivity index (χ2n) is 4.68. The lowest BCUT2D eigenvalue weighted by Crippen LogP contribution is -2.16. The maximum absolute atomic E-state index is 11.9. The van der Waals surface area contributed by atoms with E-state index in [9.17, 15) is 20.1 Å². The van der Waals surface area contributed by atoms with Crippen LogP contribution in [0.3, 0.4) is 0 Å². The van der Waals surface area contributed by atoms with Crippen LogP contribution in [0.25, 0.3) is 22.0 Å². The predicted molar refractivity (Wildman–Crippen MR) is 82.3 cm³/mol. The molecule has 110 valence electrons. The van der Waals surface area contributed by atoms with Gasteiger partial charge in [0.1, 0.15) is 29.1 Å². The summed E-state index contributed by atoms with van der Waals surface area (Å²) in [7, 11) is 0. The highest BCUT2D eigenvalue weighted by molar-refractivity contribution is 5.88. The zero-order valence-electron chi connectivity index (χ0n) is 11.5. The van der Waals surface area contributed by atoms with E-state index >= 15 is 0 Å². The lowest BCUT2D eigenvalue weighted by Gasteiger charge is -2.09. The molecule has 8 heteroatoms. The molecule has 4 N–H and O–H groups in total. The summed E-state index contributed by atoms with van der Waals surface area (Å²) >= 11 is 0. The van der Waals surface area contributed by atoms with Gasteiger partial charge in [0, 0.05) is 5.56 Å². The second kappa shape index (κ2) is 5.13. The van der Waals surface area contributed by atoms with Gasteiger partial charge in [-0.1, -0.05) is 6.07 Å². The van der Waals surface area contributed by atoms with Crippen molar-refractivity contribution >= 4 is 16.7 Å². The first-order valence-electron chi connectivity index (χ1n) is 6.40. The van der Waals surface area contributed by atoms with Crippen LogP contribution in [0.15, 0.2) is 34.1 Å². The summed E-state index contributed by atoms with van der Waals surface area (Å²) in [6.45, 7) is 0. The van der Waals surface area contributed by atoms with E-state index in [0.717, 1.165) is 0 Å². The lowest BCUT2D eigenvalue weighted by molar-refractivity contribution is 1.17. The van der Waals surface area contributed by atoms with Crippen molar-refractivity contribution in [3.8, 4) is 23.3 Å². The quantitative estimate of drug-likeness (QED) is 0.598. The number of nitrogens with zero attached hydrogens (tertiary/aromatic N) is 3. The van der Waals surface area contributed by atoms with Gasteiger partial charge in [-0.15, -0.1) is 0 Å². The molecule has 0 bridgehead atoms. The molecule has 0 aliphatic carbocycles. The van der Waals surface area contributed by atoms with Gasteiger partial charge >= 0.3 is 0 Å². The highest BCUT2D eigenvalue weighted by Gasteiger charge is 2.18. The molecule has 3 aromatic rings. The topological polar surface area (TPSA) is 152 Å². The average Bonchev–Trinajstić information content (AvgIpc) is 2.54. The van der Waals surface area contributed by atoms with E-state index in [-0.39, 0.29) is 33.5 Å². The largest absolute Gasteiger partial charge is 0.384 e. The van der Waals surface area contributed by atoms with Crippen LogP contribution in [0.2, 0.25) is 0 Å². The van der Waals surface area contributed by atoms with Crippen molar-refractivity contribution in [3.63, 3.8) is 0 Å². The first-order chi connectivity index (χ1) is 11.1. The molecule has 1 aromatic carbocycles. The Morgan fingerprint density at radius 1 is 1.09 bits per heavy atom. The summed E-state index contributed by atoms with van der Waals surface area (Å²) in [6, 6.07) is 8.27. The molecule has 2 aromatic heterocycles. The van der Waals surface area contributed by atoms with Crippen LogP contribution in [0.4, 0.5) is 5.82 Å². The number of pyridine rings is 1. The van der Waals surface area contributed by atoms with Crippen molar-refractivity contribution in [2.24, 2.45) is 0 Å². The van der Waals surface area contributed by atoms with Gasteiger partial charge in [-0.05, 0) is 17.7 Å². The number of aromatic amines is 2. The van der Waals surface area contributed by atoms with E-state index in [4.69, 9.17) is 5.73 Å². The van der Waals surface area contributed by atoms with E-state index in [0.29, 0.717) is 11.1 Å². The maximum atomic E-state index is 11.9. The van der Waals surface area contributed by atoms with Crippen LogP contribution in [0.5, 0.6) is 0 Å². The third kappa shape index (κ3) is 2.11. The van der Waals surface area contributed by atoms with Crippen molar-refractivity contribution < 1.29 is 0 Å². The summed E-state index contributed by atoms with van der Waals surface area (Å²) in [5.74, 6) is -0.133. The van der Waals surface area contributed by atoms with Crippen molar-refractivity contribution in [1.82, 2.24) is 15.0 Å². The Morgan fingerprint density at radius 3 is 2.52 bits per heavy atom. The zero-order chi connectivity index (χ0) is 16.6. The predicted octanol–water partition coefficient (Wildman–Crippen LogP) is 0.604.